The van der Waals surface area contributed by atoms with Crippen LogP contribution in [0.25, 0.3) is 11.5 Å². The van der Waals surface area contributed by atoms with Crippen molar-refractivity contribution in [3.63, 3.8) is 0 Å². The van der Waals surface area contributed by atoms with E-state index in [4.69, 9.17) is 9.52 Å². The third kappa shape index (κ3) is 1.89. The number of rotatable bonds is 2. The second-order valence-electron chi connectivity index (χ2n) is 4.27. The van der Waals surface area contributed by atoms with Gasteiger partial charge in [-0.15, -0.1) is 0 Å². The second kappa shape index (κ2) is 4.27. The summed E-state index contributed by atoms with van der Waals surface area (Å²) in [5.41, 5.74) is 1.11. The number of hydrogen-bond donors (Lipinski definition) is 1. The SMILES string of the molecule is O=C(c1coc(-c2ccccc2)n1)N1CC(O)C1. The lowest BCUT2D eigenvalue weighted by atomic mass is 10.1. The average molecular weight is 244 g/mol. The molecule has 0 saturated carbocycles. The summed E-state index contributed by atoms with van der Waals surface area (Å²) in [5.74, 6) is 0.228. The van der Waals surface area contributed by atoms with E-state index in [0.717, 1.165) is 5.56 Å². The van der Waals surface area contributed by atoms with Crippen molar-refractivity contribution in [3.8, 4) is 11.5 Å². The minimum absolute atomic E-state index is 0.203. The summed E-state index contributed by atoms with van der Waals surface area (Å²) >= 11 is 0. The number of oxazole rings is 1. The van der Waals surface area contributed by atoms with Crippen molar-refractivity contribution >= 4 is 5.91 Å². The molecule has 0 aliphatic carbocycles. The van der Waals surface area contributed by atoms with Crippen LogP contribution < -0.4 is 0 Å². The molecule has 0 unspecified atom stereocenters. The standard InChI is InChI=1S/C13H12N2O3/c16-10-6-15(7-10)13(17)11-8-18-12(14-11)9-4-2-1-3-5-9/h1-5,8,10,16H,6-7H2. The maximum absolute atomic E-state index is 11.9. The summed E-state index contributed by atoms with van der Waals surface area (Å²) in [6.07, 6.45) is 0.949. The highest BCUT2D eigenvalue weighted by molar-refractivity contribution is 5.93. The van der Waals surface area contributed by atoms with Gasteiger partial charge in [-0.3, -0.25) is 4.79 Å². The fourth-order valence-electron chi connectivity index (χ4n) is 1.87. The number of aliphatic hydroxyl groups is 1. The third-order valence-electron chi connectivity index (χ3n) is 2.89. The van der Waals surface area contributed by atoms with Gasteiger partial charge < -0.3 is 14.4 Å². The molecule has 0 bridgehead atoms. The molecule has 1 aliphatic rings. The van der Waals surface area contributed by atoms with Crippen LogP contribution in [0, 0.1) is 0 Å². The number of β-amino-alcohol motifs (C(OH)–C–C–N with tert-alkyl or cyclic N) is 1. The van der Waals surface area contributed by atoms with Crippen molar-refractivity contribution in [3.05, 3.63) is 42.3 Å². The molecule has 0 atom stereocenters. The maximum Gasteiger partial charge on any atom is 0.276 e. The lowest BCUT2D eigenvalue weighted by Gasteiger charge is -2.35. The normalized spacial score (nSPS) is 15.5. The number of carbonyl (C=O) groups excluding carboxylic acids is 1. The van der Waals surface area contributed by atoms with Gasteiger partial charge >= 0.3 is 0 Å². The van der Waals surface area contributed by atoms with Crippen molar-refractivity contribution in [1.29, 1.82) is 0 Å². The molecule has 2 aromatic rings. The molecule has 1 aromatic carbocycles. The number of hydrogen-bond acceptors (Lipinski definition) is 4. The van der Waals surface area contributed by atoms with Gasteiger partial charge in [-0.1, -0.05) is 18.2 Å². The molecule has 1 aromatic heterocycles. The Labute approximate surface area is 104 Å². The van der Waals surface area contributed by atoms with Crippen LogP contribution in [0.1, 0.15) is 10.5 Å². The van der Waals surface area contributed by atoms with Crippen molar-refractivity contribution in [2.45, 2.75) is 6.10 Å². The van der Waals surface area contributed by atoms with Crippen LogP contribution in [-0.2, 0) is 0 Å². The lowest BCUT2D eigenvalue weighted by Crippen LogP contribution is -2.53. The zero-order valence-corrected chi connectivity index (χ0v) is 9.61. The summed E-state index contributed by atoms with van der Waals surface area (Å²) in [6, 6.07) is 9.40. The maximum atomic E-state index is 11.9. The quantitative estimate of drug-likeness (QED) is 0.860. The van der Waals surface area contributed by atoms with Crippen LogP contribution >= 0.6 is 0 Å². The van der Waals surface area contributed by atoms with Gasteiger partial charge in [0, 0.05) is 18.7 Å². The minimum Gasteiger partial charge on any atom is -0.444 e. The van der Waals surface area contributed by atoms with Crippen molar-refractivity contribution in [2.24, 2.45) is 0 Å². The molecule has 5 nitrogen and oxygen atoms in total. The van der Waals surface area contributed by atoms with Crippen molar-refractivity contribution < 1.29 is 14.3 Å². The number of carbonyl (C=O) groups is 1. The van der Waals surface area contributed by atoms with E-state index in [-0.39, 0.29) is 11.6 Å². The van der Waals surface area contributed by atoms with Crippen LogP contribution in [0.15, 0.2) is 41.0 Å². The Kier molecular flexibility index (Phi) is 2.60. The Hall–Kier alpha value is -2.14. The first-order valence-corrected chi connectivity index (χ1v) is 5.72. The largest absolute Gasteiger partial charge is 0.444 e. The number of aliphatic hydroxyl groups excluding tert-OH is 1. The molecular formula is C13H12N2O3. The molecule has 5 heteroatoms. The zero-order valence-electron chi connectivity index (χ0n) is 9.61. The molecule has 1 fully saturated rings. The van der Waals surface area contributed by atoms with E-state index in [1.165, 1.54) is 11.2 Å². The highest BCUT2D eigenvalue weighted by Gasteiger charge is 2.31. The van der Waals surface area contributed by atoms with Gasteiger partial charge in [-0.2, -0.15) is 0 Å². The predicted octanol–water partition coefficient (Wildman–Crippen LogP) is 1.16. The van der Waals surface area contributed by atoms with Crippen LogP contribution in [0.3, 0.4) is 0 Å². The van der Waals surface area contributed by atoms with Gasteiger partial charge in [0.05, 0.1) is 6.10 Å². The highest BCUT2D eigenvalue weighted by Crippen LogP contribution is 2.20. The first-order chi connectivity index (χ1) is 8.74. The van der Waals surface area contributed by atoms with E-state index in [9.17, 15) is 4.79 Å². The molecule has 1 saturated heterocycles. The monoisotopic (exact) mass is 244 g/mol. The summed E-state index contributed by atoms with van der Waals surface area (Å²) in [6.45, 7) is 0.735. The molecule has 1 aliphatic heterocycles. The molecular weight excluding hydrogens is 232 g/mol. The molecule has 3 rings (SSSR count). The van der Waals surface area contributed by atoms with E-state index >= 15 is 0 Å². The number of likely N-dealkylation sites (tertiary alicyclic amines) is 1. The first-order valence-electron chi connectivity index (χ1n) is 5.72. The smallest absolute Gasteiger partial charge is 0.276 e. The van der Waals surface area contributed by atoms with Gasteiger partial charge in [0.25, 0.3) is 5.91 Å². The van der Waals surface area contributed by atoms with Crippen LogP contribution in [0.2, 0.25) is 0 Å². The summed E-state index contributed by atoms with van der Waals surface area (Å²) in [4.78, 5) is 17.6. The molecule has 92 valence electrons. The van der Waals surface area contributed by atoms with E-state index in [0.29, 0.717) is 19.0 Å². The van der Waals surface area contributed by atoms with Crippen LogP contribution in [0.5, 0.6) is 0 Å². The van der Waals surface area contributed by atoms with Crippen LogP contribution in [0.4, 0.5) is 0 Å². The van der Waals surface area contributed by atoms with Gasteiger partial charge in [-0.05, 0) is 12.1 Å². The van der Waals surface area contributed by atoms with Crippen LogP contribution in [-0.4, -0.2) is 40.1 Å². The lowest BCUT2D eigenvalue weighted by molar-refractivity contribution is 0.00550. The van der Waals surface area contributed by atoms with E-state index in [2.05, 4.69) is 4.98 Å². The molecule has 2 heterocycles. The van der Waals surface area contributed by atoms with Gasteiger partial charge in [0.2, 0.25) is 5.89 Å². The number of aromatic nitrogens is 1. The van der Waals surface area contributed by atoms with E-state index in [1.807, 2.05) is 30.3 Å². The Morgan fingerprint density at radius 1 is 1.33 bits per heavy atom. The molecule has 0 radical (unpaired) electrons. The second-order valence-corrected chi connectivity index (χ2v) is 4.27. The van der Waals surface area contributed by atoms with E-state index < -0.39 is 6.10 Å². The van der Waals surface area contributed by atoms with Gasteiger partial charge in [0.1, 0.15) is 6.26 Å². The summed E-state index contributed by atoms with van der Waals surface area (Å²) in [7, 11) is 0. The number of amides is 1. The summed E-state index contributed by atoms with van der Waals surface area (Å²) < 4.78 is 5.30. The Bertz CT molecular complexity index is 559. The highest BCUT2D eigenvalue weighted by atomic mass is 16.3. The fraction of sp³-hybridized carbons (Fsp3) is 0.231. The molecule has 18 heavy (non-hydrogen) atoms. The third-order valence-corrected chi connectivity index (χ3v) is 2.89. The van der Waals surface area contributed by atoms with Crippen molar-refractivity contribution in [2.75, 3.05) is 13.1 Å². The topological polar surface area (TPSA) is 66.6 Å². The molecule has 1 amide bonds. The Morgan fingerprint density at radius 2 is 2.06 bits per heavy atom. The number of benzene rings is 1. The average Bonchev–Trinajstić information content (AvgIpc) is 2.85. The van der Waals surface area contributed by atoms with Gasteiger partial charge in [-0.25, -0.2) is 4.98 Å². The Morgan fingerprint density at radius 3 is 2.72 bits per heavy atom. The van der Waals surface area contributed by atoms with Gasteiger partial charge in [0.15, 0.2) is 5.69 Å². The molecule has 0 spiro atoms. The Balaban J connectivity index is 1.80. The zero-order chi connectivity index (χ0) is 12.5. The number of nitrogens with zero attached hydrogens (tertiary/aromatic N) is 2. The minimum atomic E-state index is -0.408. The fourth-order valence-corrected chi connectivity index (χ4v) is 1.87. The predicted molar refractivity (Wildman–Crippen MR) is 63.8 cm³/mol. The van der Waals surface area contributed by atoms with Crippen molar-refractivity contribution in [1.82, 2.24) is 9.88 Å². The first kappa shape index (κ1) is 11.0. The molecule has 1 N–H and O–H groups in total. The summed E-state index contributed by atoms with van der Waals surface area (Å²) in [5, 5.41) is 9.16. The van der Waals surface area contributed by atoms with E-state index in [1.54, 1.807) is 0 Å².